The second-order valence-electron chi connectivity index (χ2n) is 3.97. The molecule has 102 valence electrons. The van der Waals surface area contributed by atoms with Crippen LogP contribution in [0.5, 0.6) is 0 Å². The van der Waals surface area contributed by atoms with Crippen molar-refractivity contribution in [2.24, 2.45) is 0 Å². The van der Waals surface area contributed by atoms with Gasteiger partial charge in [0.2, 0.25) is 5.91 Å². The van der Waals surface area contributed by atoms with Crippen LogP contribution in [-0.2, 0) is 4.79 Å². The van der Waals surface area contributed by atoms with Gasteiger partial charge in [-0.15, -0.1) is 0 Å². The third kappa shape index (κ3) is 3.67. The zero-order valence-corrected chi connectivity index (χ0v) is 12.4. The third-order valence-electron chi connectivity index (χ3n) is 2.63. The molecule has 19 heavy (non-hydrogen) atoms. The van der Waals surface area contributed by atoms with Crippen molar-refractivity contribution in [3.05, 3.63) is 28.0 Å². The third-order valence-corrected chi connectivity index (χ3v) is 3.41. The van der Waals surface area contributed by atoms with Crippen LogP contribution >= 0.6 is 15.9 Å². The molecule has 0 aliphatic heterocycles. The molecule has 0 radical (unpaired) electrons. The van der Waals surface area contributed by atoms with Crippen molar-refractivity contribution in [2.75, 3.05) is 25.0 Å². The predicted octanol–water partition coefficient (Wildman–Crippen LogP) is 2.42. The summed E-state index contributed by atoms with van der Waals surface area (Å²) in [4.78, 5) is 13.1. The molecule has 0 atom stereocenters. The lowest BCUT2D eigenvalue weighted by Crippen LogP contribution is -2.36. The van der Waals surface area contributed by atoms with Gasteiger partial charge in [0.15, 0.2) is 5.82 Å². The number of nitrogens with zero attached hydrogens (tertiary/aromatic N) is 2. The summed E-state index contributed by atoms with van der Waals surface area (Å²) in [5, 5.41) is 11.3. The number of hydrogen-bond donors (Lipinski definition) is 1. The van der Waals surface area contributed by atoms with Crippen molar-refractivity contribution in [1.29, 1.82) is 5.26 Å². The summed E-state index contributed by atoms with van der Waals surface area (Å²) < 4.78 is 14.3. The topological polar surface area (TPSA) is 56.1 Å². The minimum atomic E-state index is -0.517. The second kappa shape index (κ2) is 7.10. The number of nitriles is 1. The van der Waals surface area contributed by atoms with Gasteiger partial charge in [-0.05, 0) is 34.5 Å². The Hall–Kier alpha value is -1.61. The summed E-state index contributed by atoms with van der Waals surface area (Å²) in [6, 6.07) is 4.96. The van der Waals surface area contributed by atoms with Gasteiger partial charge in [-0.1, -0.05) is 6.92 Å². The molecular weight excluding hydrogens is 313 g/mol. The highest BCUT2D eigenvalue weighted by Gasteiger charge is 2.17. The Labute approximate surface area is 120 Å². The monoisotopic (exact) mass is 327 g/mol. The van der Waals surface area contributed by atoms with Gasteiger partial charge in [0.1, 0.15) is 6.07 Å². The fourth-order valence-corrected chi connectivity index (χ4v) is 2.10. The van der Waals surface area contributed by atoms with E-state index in [1.54, 1.807) is 4.90 Å². The summed E-state index contributed by atoms with van der Waals surface area (Å²) in [7, 11) is 1.54. The maximum absolute atomic E-state index is 14.2. The molecular formula is C13H15BrFN3O. The maximum atomic E-state index is 14.2. The van der Waals surface area contributed by atoms with E-state index < -0.39 is 5.82 Å². The van der Waals surface area contributed by atoms with Crippen LogP contribution in [0, 0.1) is 17.1 Å². The molecule has 0 aliphatic carbocycles. The van der Waals surface area contributed by atoms with E-state index in [9.17, 15) is 9.18 Å². The number of likely N-dealkylation sites (N-methyl/N-ethyl adjacent to an activating group) is 1. The van der Waals surface area contributed by atoms with Gasteiger partial charge in [0.05, 0.1) is 22.3 Å². The first-order valence-electron chi connectivity index (χ1n) is 5.88. The Morgan fingerprint density at radius 3 is 2.79 bits per heavy atom. The lowest BCUT2D eigenvalue weighted by molar-refractivity contribution is -0.119. The summed E-state index contributed by atoms with van der Waals surface area (Å²) >= 11 is 3.07. The molecule has 0 fully saturated rings. The lowest BCUT2D eigenvalue weighted by Gasteiger charge is -2.24. The number of halogens is 2. The normalized spacial score (nSPS) is 9.84. The van der Waals surface area contributed by atoms with Crippen LogP contribution in [0.4, 0.5) is 10.1 Å². The SMILES string of the molecule is CCCN(CC(=O)NC)c1ccc(C#N)c(Br)c1F. The van der Waals surface area contributed by atoms with Crippen LogP contribution in [0.15, 0.2) is 16.6 Å². The standard InChI is InChI=1S/C13H15BrFN3O/c1-3-6-18(8-11(19)17-2)10-5-4-9(7-16)12(14)13(10)15/h4-5H,3,6,8H2,1-2H3,(H,17,19). The summed E-state index contributed by atoms with van der Waals surface area (Å²) in [5.74, 6) is -0.704. The number of carbonyl (C=O) groups is 1. The van der Waals surface area contributed by atoms with Gasteiger partial charge >= 0.3 is 0 Å². The van der Waals surface area contributed by atoms with E-state index in [2.05, 4.69) is 21.2 Å². The van der Waals surface area contributed by atoms with Crippen LogP contribution in [0.3, 0.4) is 0 Å². The van der Waals surface area contributed by atoms with Gasteiger partial charge in [0.25, 0.3) is 0 Å². The van der Waals surface area contributed by atoms with E-state index in [1.165, 1.54) is 19.2 Å². The Morgan fingerprint density at radius 1 is 1.58 bits per heavy atom. The molecule has 4 nitrogen and oxygen atoms in total. The van der Waals surface area contributed by atoms with Gasteiger partial charge in [0, 0.05) is 13.6 Å². The Morgan fingerprint density at radius 2 is 2.26 bits per heavy atom. The molecule has 0 saturated carbocycles. The average Bonchev–Trinajstić information content (AvgIpc) is 2.41. The van der Waals surface area contributed by atoms with Crippen molar-refractivity contribution in [3.8, 4) is 6.07 Å². The quantitative estimate of drug-likeness (QED) is 0.903. The van der Waals surface area contributed by atoms with Gasteiger partial charge in [-0.2, -0.15) is 5.26 Å². The molecule has 0 heterocycles. The minimum Gasteiger partial charge on any atom is -0.360 e. The molecule has 0 spiro atoms. The molecule has 0 unspecified atom stereocenters. The van der Waals surface area contributed by atoms with Crippen molar-refractivity contribution in [1.82, 2.24) is 5.32 Å². The Kier molecular flexibility index (Phi) is 5.77. The van der Waals surface area contributed by atoms with Gasteiger partial charge in [-0.3, -0.25) is 4.79 Å². The molecule has 6 heteroatoms. The number of anilines is 1. The Bertz CT molecular complexity index is 513. The molecule has 1 rings (SSSR count). The summed E-state index contributed by atoms with van der Waals surface area (Å²) in [6.07, 6.45) is 0.786. The fraction of sp³-hybridized carbons (Fsp3) is 0.385. The van der Waals surface area contributed by atoms with E-state index in [1.807, 2.05) is 13.0 Å². The molecule has 1 aromatic rings. The van der Waals surface area contributed by atoms with E-state index >= 15 is 0 Å². The second-order valence-corrected chi connectivity index (χ2v) is 4.76. The maximum Gasteiger partial charge on any atom is 0.239 e. The summed E-state index contributed by atoms with van der Waals surface area (Å²) in [6.45, 7) is 2.59. The minimum absolute atomic E-state index is 0.0829. The zero-order valence-electron chi connectivity index (χ0n) is 10.8. The summed E-state index contributed by atoms with van der Waals surface area (Å²) in [5.41, 5.74) is 0.550. The Balaban J connectivity index is 3.13. The number of nitrogens with one attached hydrogen (secondary N) is 1. The highest BCUT2D eigenvalue weighted by Crippen LogP contribution is 2.29. The fourth-order valence-electron chi connectivity index (χ4n) is 1.68. The van der Waals surface area contributed by atoms with E-state index in [-0.39, 0.29) is 22.5 Å². The molecule has 0 aromatic heterocycles. The highest BCUT2D eigenvalue weighted by atomic mass is 79.9. The number of hydrogen-bond acceptors (Lipinski definition) is 3. The van der Waals surface area contributed by atoms with Crippen LogP contribution in [0.2, 0.25) is 0 Å². The molecule has 1 N–H and O–H groups in total. The lowest BCUT2D eigenvalue weighted by atomic mass is 10.2. The van der Waals surface area contributed by atoms with E-state index in [0.717, 1.165) is 6.42 Å². The molecule has 0 bridgehead atoms. The van der Waals surface area contributed by atoms with E-state index in [0.29, 0.717) is 12.2 Å². The first-order valence-corrected chi connectivity index (χ1v) is 6.68. The number of carbonyl (C=O) groups excluding carboxylic acids is 1. The van der Waals surface area contributed by atoms with E-state index in [4.69, 9.17) is 5.26 Å². The van der Waals surface area contributed by atoms with Gasteiger partial charge < -0.3 is 10.2 Å². The van der Waals surface area contributed by atoms with Crippen LogP contribution in [0.1, 0.15) is 18.9 Å². The van der Waals surface area contributed by atoms with Crippen molar-refractivity contribution >= 4 is 27.5 Å². The highest BCUT2D eigenvalue weighted by molar-refractivity contribution is 9.10. The molecule has 0 aliphatic rings. The largest absolute Gasteiger partial charge is 0.360 e. The van der Waals surface area contributed by atoms with Crippen LogP contribution < -0.4 is 10.2 Å². The molecule has 0 saturated heterocycles. The predicted molar refractivity (Wildman–Crippen MR) is 75.4 cm³/mol. The smallest absolute Gasteiger partial charge is 0.239 e. The molecule has 1 aromatic carbocycles. The van der Waals surface area contributed by atoms with Gasteiger partial charge in [-0.25, -0.2) is 4.39 Å². The van der Waals surface area contributed by atoms with Crippen LogP contribution in [0.25, 0.3) is 0 Å². The first-order chi connectivity index (χ1) is 9.04. The van der Waals surface area contributed by atoms with Crippen molar-refractivity contribution < 1.29 is 9.18 Å². The number of rotatable bonds is 5. The van der Waals surface area contributed by atoms with Crippen molar-refractivity contribution in [3.63, 3.8) is 0 Å². The first kappa shape index (κ1) is 15.4. The van der Waals surface area contributed by atoms with Crippen molar-refractivity contribution in [2.45, 2.75) is 13.3 Å². The average molecular weight is 328 g/mol. The zero-order chi connectivity index (χ0) is 14.4. The number of amides is 1. The molecule has 1 amide bonds. The van der Waals surface area contributed by atoms with Crippen LogP contribution in [-0.4, -0.2) is 26.0 Å². The number of benzene rings is 1.